The molecule has 0 aliphatic carbocycles. The third-order valence-electron chi connectivity index (χ3n) is 3.37. The second kappa shape index (κ2) is 6.27. The van der Waals surface area contributed by atoms with E-state index < -0.39 is 5.60 Å². The van der Waals surface area contributed by atoms with Crippen LogP contribution in [0.1, 0.15) is 18.4 Å². The number of aromatic nitrogens is 2. The number of nitrogens with zero attached hydrogens (tertiary/aromatic N) is 3. The summed E-state index contributed by atoms with van der Waals surface area (Å²) in [6.07, 6.45) is 4.94. The molecule has 1 saturated heterocycles. The Balaban J connectivity index is 1.96. The van der Waals surface area contributed by atoms with E-state index in [9.17, 15) is 5.11 Å². The molecular formula is C13H22N4O2. The zero-order valence-electron chi connectivity index (χ0n) is 11.6. The van der Waals surface area contributed by atoms with Gasteiger partial charge in [0.1, 0.15) is 0 Å². The minimum Gasteiger partial charge on any atom is -0.388 e. The molecule has 0 bridgehead atoms. The Morgan fingerprint density at radius 3 is 2.58 bits per heavy atom. The quantitative estimate of drug-likeness (QED) is 0.792. The van der Waals surface area contributed by atoms with Crippen LogP contribution in [0.3, 0.4) is 0 Å². The number of nitrogens with one attached hydrogen (secondary N) is 1. The molecular weight excluding hydrogens is 244 g/mol. The minimum absolute atomic E-state index is 0.529. The summed E-state index contributed by atoms with van der Waals surface area (Å²) in [6, 6.07) is 0. The van der Waals surface area contributed by atoms with Gasteiger partial charge in [0.15, 0.2) is 0 Å². The van der Waals surface area contributed by atoms with Crippen LogP contribution in [-0.4, -0.2) is 54.5 Å². The van der Waals surface area contributed by atoms with Crippen molar-refractivity contribution in [2.45, 2.75) is 25.0 Å². The molecule has 0 saturated carbocycles. The van der Waals surface area contributed by atoms with E-state index in [4.69, 9.17) is 4.74 Å². The number of hydrogen-bond acceptors (Lipinski definition) is 6. The number of rotatable bonds is 5. The van der Waals surface area contributed by atoms with Crippen LogP contribution in [0.15, 0.2) is 12.4 Å². The van der Waals surface area contributed by atoms with Gasteiger partial charge in [-0.25, -0.2) is 9.97 Å². The number of hydrogen-bond donors (Lipinski definition) is 2. The maximum Gasteiger partial charge on any atom is 0.225 e. The van der Waals surface area contributed by atoms with Gasteiger partial charge in [0.05, 0.1) is 5.60 Å². The van der Waals surface area contributed by atoms with E-state index in [1.165, 1.54) is 0 Å². The highest BCUT2D eigenvalue weighted by Crippen LogP contribution is 2.22. The molecule has 106 valence electrons. The van der Waals surface area contributed by atoms with Gasteiger partial charge in [-0.3, -0.25) is 0 Å². The Kier molecular flexibility index (Phi) is 4.68. The normalized spacial score (nSPS) is 18.3. The van der Waals surface area contributed by atoms with Crippen LogP contribution >= 0.6 is 0 Å². The Hall–Kier alpha value is -1.24. The van der Waals surface area contributed by atoms with Crippen molar-refractivity contribution in [3.05, 3.63) is 18.0 Å². The number of aliphatic hydroxyl groups is 1. The molecule has 1 aromatic rings. The summed E-state index contributed by atoms with van der Waals surface area (Å²) in [5.74, 6) is 0.639. The third kappa shape index (κ3) is 3.86. The van der Waals surface area contributed by atoms with Crippen molar-refractivity contribution in [3.8, 4) is 0 Å². The summed E-state index contributed by atoms with van der Waals surface area (Å²) >= 11 is 0. The molecule has 0 spiro atoms. The van der Waals surface area contributed by atoms with Crippen molar-refractivity contribution in [3.63, 3.8) is 0 Å². The molecule has 0 aromatic carbocycles. The van der Waals surface area contributed by atoms with E-state index in [0.717, 1.165) is 12.1 Å². The monoisotopic (exact) mass is 266 g/mol. The lowest BCUT2D eigenvalue weighted by atomic mass is 9.94. The van der Waals surface area contributed by atoms with Gasteiger partial charge >= 0.3 is 0 Å². The predicted octanol–water partition coefficient (Wildman–Crippen LogP) is 0.174. The molecule has 6 heteroatoms. The van der Waals surface area contributed by atoms with Crippen molar-refractivity contribution in [2.75, 3.05) is 38.8 Å². The maximum absolute atomic E-state index is 10.5. The van der Waals surface area contributed by atoms with Crippen molar-refractivity contribution in [1.82, 2.24) is 15.3 Å². The predicted molar refractivity (Wildman–Crippen MR) is 73.1 cm³/mol. The van der Waals surface area contributed by atoms with Crippen LogP contribution in [0, 0.1) is 0 Å². The first-order valence-corrected chi connectivity index (χ1v) is 6.60. The SMILES string of the molecule is CNCc1cnc(N(C)CC2(O)CCOCC2)nc1. The van der Waals surface area contributed by atoms with Gasteiger partial charge in [0.2, 0.25) is 5.95 Å². The smallest absolute Gasteiger partial charge is 0.225 e. The average molecular weight is 266 g/mol. The molecule has 1 aliphatic rings. The van der Waals surface area contributed by atoms with Gasteiger partial charge in [0.25, 0.3) is 0 Å². The fourth-order valence-electron chi connectivity index (χ4n) is 2.26. The zero-order chi connectivity index (χ0) is 13.7. The topological polar surface area (TPSA) is 70.5 Å². The first kappa shape index (κ1) is 14.2. The molecule has 1 aromatic heterocycles. The lowest BCUT2D eigenvalue weighted by Gasteiger charge is -2.35. The van der Waals surface area contributed by atoms with Crippen LogP contribution in [0.25, 0.3) is 0 Å². The molecule has 2 rings (SSSR count). The Morgan fingerprint density at radius 2 is 2.00 bits per heavy atom. The highest BCUT2D eigenvalue weighted by molar-refractivity contribution is 5.29. The number of ether oxygens (including phenoxy) is 1. The van der Waals surface area contributed by atoms with Crippen LogP contribution in [-0.2, 0) is 11.3 Å². The van der Waals surface area contributed by atoms with Crippen LogP contribution < -0.4 is 10.2 Å². The van der Waals surface area contributed by atoms with E-state index in [1.807, 2.05) is 31.4 Å². The van der Waals surface area contributed by atoms with Gasteiger partial charge in [-0.2, -0.15) is 0 Å². The lowest BCUT2D eigenvalue weighted by molar-refractivity contribution is -0.0574. The van der Waals surface area contributed by atoms with Crippen LogP contribution in [0.4, 0.5) is 5.95 Å². The van der Waals surface area contributed by atoms with Gasteiger partial charge in [-0.1, -0.05) is 0 Å². The zero-order valence-corrected chi connectivity index (χ0v) is 11.6. The van der Waals surface area contributed by atoms with E-state index in [0.29, 0.717) is 38.5 Å². The molecule has 0 radical (unpaired) electrons. The van der Waals surface area contributed by atoms with Crippen molar-refractivity contribution >= 4 is 5.95 Å². The summed E-state index contributed by atoms with van der Waals surface area (Å²) in [5.41, 5.74) is 0.351. The van der Waals surface area contributed by atoms with Gasteiger partial charge < -0.3 is 20.1 Å². The van der Waals surface area contributed by atoms with E-state index in [-0.39, 0.29) is 0 Å². The summed E-state index contributed by atoms with van der Waals surface area (Å²) in [5, 5.41) is 13.5. The standard InChI is InChI=1S/C13H22N4O2/c1-14-7-11-8-15-12(16-9-11)17(2)10-13(18)3-5-19-6-4-13/h8-9,14,18H,3-7,10H2,1-2H3. The summed E-state index contributed by atoms with van der Waals surface area (Å²) in [6.45, 7) is 2.52. The highest BCUT2D eigenvalue weighted by Gasteiger charge is 2.31. The first-order valence-electron chi connectivity index (χ1n) is 6.60. The summed E-state index contributed by atoms with van der Waals surface area (Å²) in [4.78, 5) is 10.5. The summed E-state index contributed by atoms with van der Waals surface area (Å²) in [7, 11) is 3.79. The fraction of sp³-hybridized carbons (Fsp3) is 0.692. The van der Waals surface area contributed by atoms with Gasteiger partial charge in [-0.15, -0.1) is 0 Å². The minimum atomic E-state index is -0.694. The molecule has 19 heavy (non-hydrogen) atoms. The van der Waals surface area contributed by atoms with Gasteiger partial charge in [-0.05, 0) is 7.05 Å². The van der Waals surface area contributed by atoms with Crippen molar-refractivity contribution in [2.24, 2.45) is 0 Å². The lowest BCUT2D eigenvalue weighted by Crippen LogP contribution is -2.46. The Labute approximate surface area is 113 Å². The molecule has 6 nitrogen and oxygen atoms in total. The fourth-order valence-corrected chi connectivity index (χ4v) is 2.26. The van der Waals surface area contributed by atoms with E-state index in [1.54, 1.807) is 0 Å². The van der Waals surface area contributed by atoms with Gasteiger partial charge in [0, 0.05) is 64.1 Å². The van der Waals surface area contributed by atoms with Crippen molar-refractivity contribution < 1.29 is 9.84 Å². The Morgan fingerprint density at radius 1 is 1.37 bits per heavy atom. The number of anilines is 1. The molecule has 0 amide bonds. The van der Waals surface area contributed by atoms with E-state index in [2.05, 4.69) is 15.3 Å². The number of likely N-dealkylation sites (N-methyl/N-ethyl adjacent to an activating group) is 1. The van der Waals surface area contributed by atoms with Crippen LogP contribution in [0.2, 0.25) is 0 Å². The largest absolute Gasteiger partial charge is 0.388 e. The first-order chi connectivity index (χ1) is 9.13. The average Bonchev–Trinajstić information content (AvgIpc) is 2.40. The molecule has 1 aliphatic heterocycles. The molecule has 2 heterocycles. The molecule has 0 unspecified atom stereocenters. The second-order valence-electron chi connectivity index (χ2n) is 5.11. The third-order valence-corrected chi connectivity index (χ3v) is 3.37. The molecule has 2 N–H and O–H groups in total. The maximum atomic E-state index is 10.5. The highest BCUT2D eigenvalue weighted by atomic mass is 16.5. The Bertz CT molecular complexity index is 390. The molecule has 0 atom stereocenters. The molecule has 1 fully saturated rings. The second-order valence-corrected chi connectivity index (χ2v) is 5.11. The summed E-state index contributed by atoms with van der Waals surface area (Å²) < 4.78 is 5.28. The van der Waals surface area contributed by atoms with Crippen LogP contribution in [0.5, 0.6) is 0 Å². The van der Waals surface area contributed by atoms with Crippen molar-refractivity contribution in [1.29, 1.82) is 0 Å². The van der Waals surface area contributed by atoms with E-state index >= 15 is 0 Å².